The molecule has 0 bridgehead atoms. The molecule has 0 aromatic heterocycles. The third-order valence-electron chi connectivity index (χ3n) is 2.48. The number of nitrogens with two attached hydrogens (primary N) is 1. The zero-order valence-corrected chi connectivity index (χ0v) is 11.5. The summed E-state index contributed by atoms with van der Waals surface area (Å²) in [6, 6.07) is -0.347. The lowest BCUT2D eigenvalue weighted by molar-refractivity contribution is -0.123. The van der Waals surface area contributed by atoms with Crippen molar-refractivity contribution in [1.29, 1.82) is 0 Å². The first-order valence-electron chi connectivity index (χ1n) is 6.25. The van der Waals surface area contributed by atoms with Gasteiger partial charge in [0.15, 0.2) is 0 Å². The Morgan fingerprint density at radius 1 is 1.24 bits per heavy atom. The molecule has 0 saturated heterocycles. The highest BCUT2D eigenvalue weighted by Crippen LogP contribution is 2.17. The predicted molar refractivity (Wildman–Crippen MR) is 69.6 cm³/mol. The van der Waals surface area contributed by atoms with Gasteiger partial charge in [0.2, 0.25) is 5.91 Å². The van der Waals surface area contributed by atoms with Crippen LogP contribution in [-0.2, 0) is 9.59 Å². The topological polar surface area (TPSA) is 72.2 Å². The van der Waals surface area contributed by atoms with E-state index in [2.05, 4.69) is 5.32 Å². The van der Waals surface area contributed by atoms with Gasteiger partial charge in [-0.25, -0.2) is 0 Å². The van der Waals surface area contributed by atoms with Crippen LogP contribution in [0, 0.1) is 5.41 Å². The number of ketones is 1. The largest absolute Gasteiger partial charge is 0.356 e. The predicted octanol–water partition coefficient (Wildman–Crippen LogP) is 1.63. The monoisotopic (exact) mass is 242 g/mol. The number of rotatable bonds is 7. The van der Waals surface area contributed by atoms with E-state index in [0.717, 1.165) is 12.8 Å². The maximum Gasteiger partial charge on any atom is 0.220 e. The Morgan fingerprint density at radius 2 is 1.82 bits per heavy atom. The molecule has 0 unspecified atom stereocenters. The van der Waals surface area contributed by atoms with Crippen LogP contribution in [0.3, 0.4) is 0 Å². The summed E-state index contributed by atoms with van der Waals surface area (Å²) in [4.78, 5) is 22.4. The molecule has 0 aliphatic rings. The molecule has 0 aliphatic heterocycles. The van der Waals surface area contributed by atoms with Gasteiger partial charge in [-0.05, 0) is 31.6 Å². The van der Waals surface area contributed by atoms with Gasteiger partial charge in [0.1, 0.15) is 5.78 Å². The molecule has 0 aliphatic carbocycles. The van der Waals surface area contributed by atoms with Gasteiger partial charge in [-0.15, -0.1) is 0 Å². The normalized spacial score (nSPS) is 13.2. The van der Waals surface area contributed by atoms with Crippen LogP contribution < -0.4 is 11.1 Å². The van der Waals surface area contributed by atoms with Crippen molar-refractivity contribution in [3.8, 4) is 0 Å². The molecule has 0 heterocycles. The van der Waals surface area contributed by atoms with E-state index in [9.17, 15) is 9.59 Å². The molecule has 4 nitrogen and oxygen atoms in total. The molecule has 4 heteroatoms. The molecule has 0 rings (SSSR count). The summed E-state index contributed by atoms with van der Waals surface area (Å²) in [6.07, 6.45) is 2.98. The summed E-state index contributed by atoms with van der Waals surface area (Å²) >= 11 is 0. The van der Waals surface area contributed by atoms with E-state index in [0.29, 0.717) is 19.4 Å². The summed E-state index contributed by atoms with van der Waals surface area (Å²) in [5, 5.41) is 2.88. The minimum absolute atomic E-state index is 0.0288. The minimum atomic E-state index is -0.347. The molecule has 0 saturated carbocycles. The lowest BCUT2D eigenvalue weighted by Crippen LogP contribution is -2.30. The zero-order chi connectivity index (χ0) is 13.5. The average molecular weight is 242 g/mol. The number of amides is 1. The molecular weight excluding hydrogens is 216 g/mol. The number of hydrogen-bond donors (Lipinski definition) is 2. The highest BCUT2D eigenvalue weighted by atomic mass is 16.1. The number of Topliss-reactive ketones (excluding diaryl/α,β-unsaturated/α-hetero) is 1. The van der Waals surface area contributed by atoms with Crippen LogP contribution in [0.4, 0.5) is 0 Å². The smallest absolute Gasteiger partial charge is 0.220 e. The highest BCUT2D eigenvalue weighted by molar-refractivity contribution is 5.81. The number of carbonyl (C=O) groups excluding carboxylic acids is 2. The molecule has 0 radical (unpaired) electrons. The summed E-state index contributed by atoms with van der Waals surface area (Å²) in [7, 11) is 0. The van der Waals surface area contributed by atoms with Gasteiger partial charge < -0.3 is 11.1 Å². The van der Waals surface area contributed by atoms with Crippen LogP contribution in [0.25, 0.3) is 0 Å². The van der Waals surface area contributed by atoms with Gasteiger partial charge in [-0.1, -0.05) is 20.8 Å². The van der Waals surface area contributed by atoms with E-state index in [1.54, 1.807) is 0 Å². The first kappa shape index (κ1) is 16.1. The Hall–Kier alpha value is -0.900. The van der Waals surface area contributed by atoms with Crippen LogP contribution in [0.5, 0.6) is 0 Å². The molecule has 0 aromatic carbocycles. The molecule has 0 aromatic rings. The number of unbranched alkanes of at least 4 members (excludes halogenated alkanes) is 1. The maximum absolute atomic E-state index is 11.5. The Morgan fingerprint density at radius 3 is 2.29 bits per heavy atom. The fourth-order valence-electron chi connectivity index (χ4n) is 1.46. The standard InChI is InChI=1S/C13H26N2O2/c1-10(16)11(14)7-5-6-8-15-12(17)9-13(2,3)4/h11H,5-9,14H2,1-4H3,(H,15,17)/t11-/m0/s1. The third kappa shape index (κ3) is 10.00. The molecule has 0 fully saturated rings. The lowest BCUT2D eigenvalue weighted by atomic mass is 9.92. The van der Waals surface area contributed by atoms with Crippen LogP contribution in [0.15, 0.2) is 0 Å². The SMILES string of the molecule is CC(=O)[C@@H](N)CCCCNC(=O)CC(C)(C)C. The fourth-order valence-corrected chi connectivity index (χ4v) is 1.46. The van der Waals surface area contributed by atoms with Gasteiger partial charge in [0, 0.05) is 13.0 Å². The van der Waals surface area contributed by atoms with Crippen molar-refractivity contribution >= 4 is 11.7 Å². The fraction of sp³-hybridized carbons (Fsp3) is 0.846. The maximum atomic E-state index is 11.5. The second-order valence-electron chi connectivity index (χ2n) is 5.80. The van der Waals surface area contributed by atoms with Crippen LogP contribution >= 0.6 is 0 Å². The van der Waals surface area contributed by atoms with E-state index in [-0.39, 0.29) is 23.1 Å². The first-order chi connectivity index (χ1) is 7.72. The minimum Gasteiger partial charge on any atom is -0.356 e. The van der Waals surface area contributed by atoms with Gasteiger partial charge in [0.05, 0.1) is 6.04 Å². The highest BCUT2D eigenvalue weighted by Gasteiger charge is 2.15. The average Bonchev–Trinajstić information content (AvgIpc) is 2.13. The number of carbonyl (C=O) groups is 2. The Balaban J connectivity index is 3.52. The summed E-state index contributed by atoms with van der Waals surface area (Å²) in [5.41, 5.74) is 5.63. The quantitative estimate of drug-likeness (QED) is 0.666. The van der Waals surface area contributed by atoms with E-state index in [4.69, 9.17) is 5.73 Å². The lowest BCUT2D eigenvalue weighted by Gasteiger charge is -2.17. The van der Waals surface area contributed by atoms with Crippen molar-refractivity contribution in [1.82, 2.24) is 5.32 Å². The van der Waals surface area contributed by atoms with Gasteiger partial charge in [-0.3, -0.25) is 9.59 Å². The van der Waals surface area contributed by atoms with Crippen molar-refractivity contribution in [3.63, 3.8) is 0 Å². The Bertz CT molecular complexity index is 257. The van der Waals surface area contributed by atoms with E-state index in [1.807, 2.05) is 20.8 Å². The van der Waals surface area contributed by atoms with Crippen molar-refractivity contribution in [2.45, 2.75) is 59.4 Å². The van der Waals surface area contributed by atoms with Gasteiger partial charge >= 0.3 is 0 Å². The zero-order valence-electron chi connectivity index (χ0n) is 11.5. The first-order valence-corrected chi connectivity index (χ1v) is 6.25. The molecule has 1 amide bonds. The van der Waals surface area contributed by atoms with Crippen molar-refractivity contribution in [2.75, 3.05) is 6.54 Å². The molecule has 17 heavy (non-hydrogen) atoms. The van der Waals surface area contributed by atoms with Crippen LogP contribution in [-0.4, -0.2) is 24.3 Å². The molecule has 1 atom stereocenters. The second kappa shape index (κ2) is 7.43. The third-order valence-corrected chi connectivity index (χ3v) is 2.48. The number of nitrogens with one attached hydrogen (secondary N) is 1. The van der Waals surface area contributed by atoms with Crippen LogP contribution in [0.1, 0.15) is 53.4 Å². The molecule has 0 spiro atoms. The van der Waals surface area contributed by atoms with Crippen molar-refractivity contribution in [3.05, 3.63) is 0 Å². The summed E-state index contributed by atoms with van der Waals surface area (Å²) < 4.78 is 0. The van der Waals surface area contributed by atoms with Crippen molar-refractivity contribution in [2.24, 2.45) is 11.1 Å². The Labute approximate surface area is 104 Å². The van der Waals surface area contributed by atoms with Crippen molar-refractivity contribution < 1.29 is 9.59 Å². The van der Waals surface area contributed by atoms with E-state index >= 15 is 0 Å². The molecule has 3 N–H and O–H groups in total. The summed E-state index contributed by atoms with van der Waals surface area (Å²) in [6.45, 7) is 8.30. The van der Waals surface area contributed by atoms with Gasteiger partial charge in [0.25, 0.3) is 0 Å². The van der Waals surface area contributed by atoms with E-state index < -0.39 is 0 Å². The van der Waals surface area contributed by atoms with E-state index in [1.165, 1.54) is 6.92 Å². The number of hydrogen-bond acceptors (Lipinski definition) is 3. The molecular formula is C13H26N2O2. The second-order valence-corrected chi connectivity index (χ2v) is 5.80. The van der Waals surface area contributed by atoms with Crippen LogP contribution in [0.2, 0.25) is 0 Å². The molecule has 100 valence electrons. The summed E-state index contributed by atoms with van der Waals surface area (Å²) in [5.74, 6) is 0.120. The van der Waals surface area contributed by atoms with Gasteiger partial charge in [-0.2, -0.15) is 0 Å². The Kier molecular flexibility index (Phi) is 7.04.